The van der Waals surface area contributed by atoms with E-state index < -0.39 is 10.0 Å². The Balaban J connectivity index is 1.44. The Hall–Kier alpha value is -2.79. The first-order chi connectivity index (χ1) is 17.7. The molecule has 0 spiro atoms. The first-order valence-electron chi connectivity index (χ1n) is 12.0. The van der Waals surface area contributed by atoms with Gasteiger partial charge in [0.1, 0.15) is 0 Å². The van der Waals surface area contributed by atoms with Crippen molar-refractivity contribution >= 4 is 64.2 Å². The van der Waals surface area contributed by atoms with Gasteiger partial charge in [-0.05, 0) is 81.0 Å². The van der Waals surface area contributed by atoms with Crippen molar-refractivity contribution < 1.29 is 13.2 Å². The van der Waals surface area contributed by atoms with Crippen LogP contribution in [-0.4, -0.2) is 57.9 Å². The van der Waals surface area contributed by atoms with Crippen molar-refractivity contribution in [1.29, 1.82) is 0 Å². The fraction of sp³-hybridized carbons (Fsp3) is 0.259. The molecule has 1 amide bonds. The highest BCUT2D eigenvalue weighted by molar-refractivity contribution is 9.10. The van der Waals surface area contributed by atoms with Gasteiger partial charge in [-0.25, -0.2) is 13.4 Å². The molecule has 1 aromatic heterocycles. The van der Waals surface area contributed by atoms with Crippen LogP contribution in [0.15, 0.2) is 76.1 Å². The Kier molecular flexibility index (Phi) is 7.35. The molecular formula is C27H27BrN4O3S2. The highest BCUT2D eigenvalue weighted by Gasteiger charge is 2.29. The minimum Gasteiger partial charge on any atom is -0.308 e. The van der Waals surface area contributed by atoms with Gasteiger partial charge in [0.05, 0.1) is 20.8 Å². The van der Waals surface area contributed by atoms with Gasteiger partial charge in [-0.15, -0.1) is 0 Å². The highest BCUT2D eigenvalue weighted by Crippen LogP contribution is 2.33. The minimum atomic E-state index is -3.75. The molecule has 4 aromatic rings. The molecule has 10 heteroatoms. The van der Waals surface area contributed by atoms with E-state index in [1.807, 2.05) is 61.5 Å². The number of hydrogen-bond acceptors (Lipinski definition) is 6. The second-order valence-corrected chi connectivity index (χ2v) is 13.0. The molecule has 1 aliphatic heterocycles. The van der Waals surface area contributed by atoms with Gasteiger partial charge < -0.3 is 4.90 Å². The number of rotatable bonds is 7. The quantitative estimate of drug-likeness (QED) is 0.284. The molecule has 0 radical (unpaired) electrons. The molecule has 1 aliphatic rings. The molecule has 192 valence electrons. The first kappa shape index (κ1) is 25.8. The third-order valence-corrected chi connectivity index (χ3v) is 9.70. The van der Waals surface area contributed by atoms with E-state index in [4.69, 9.17) is 4.98 Å². The Morgan fingerprint density at radius 3 is 2.57 bits per heavy atom. The topological polar surface area (TPSA) is 73.8 Å². The van der Waals surface area contributed by atoms with Crippen molar-refractivity contribution in [2.75, 3.05) is 42.9 Å². The van der Waals surface area contributed by atoms with Crippen LogP contribution in [0.4, 0.5) is 10.8 Å². The predicted octanol–water partition coefficient (Wildman–Crippen LogP) is 5.41. The molecule has 37 heavy (non-hydrogen) atoms. The monoisotopic (exact) mass is 598 g/mol. The summed E-state index contributed by atoms with van der Waals surface area (Å²) in [6.07, 6.45) is 1.63. The van der Waals surface area contributed by atoms with Crippen molar-refractivity contribution in [3.05, 3.63) is 82.3 Å². The fourth-order valence-electron chi connectivity index (χ4n) is 4.39. The van der Waals surface area contributed by atoms with E-state index in [2.05, 4.69) is 15.9 Å². The lowest BCUT2D eigenvalue weighted by molar-refractivity contribution is 0.0985. The number of thiazole rings is 1. The summed E-state index contributed by atoms with van der Waals surface area (Å²) in [6, 6.07) is 19.7. The maximum absolute atomic E-state index is 13.6. The van der Waals surface area contributed by atoms with E-state index in [0.29, 0.717) is 30.3 Å². The zero-order valence-electron chi connectivity index (χ0n) is 20.6. The molecule has 5 rings (SSSR count). The van der Waals surface area contributed by atoms with E-state index in [0.717, 1.165) is 38.8 Å². The summed E-state index contributed by atoms with van der Waals surface area (Å²) in [7, 11) is 0.164. The van der Waals surface area contributed by atoms with Crippen molar-refractivity contribution in [2.45, 2.75) is 17.7 Å². The number of carbonyl (C=O) groups excluding carboxylic acids is 1. The Bertz CT molecular complexity index is 1550. The molecule has 0 unspecified atom stereocenters. The van der Waals surface area contributed by atoms with Crippen LogP contribution in [0.2, 0.25) is 0 Å². The number of benzene rings is 3. The van der Waals surface area contributed by atoms with Gasteiger partial charge in [0, 0.05) is 29.7 Å². The van der Waals surface area contributed by atoms with Crippen molar-refractivity contribution in [2.24, 2.45) is 0 Å². The number of carbonyl (C=O) groups is 1. The van der Waals surface area contributed by atoms with Crippen LogP contribution in [0.1, 0.15) is 22.3 Å². The summed E-state index contributed by atoms with van der Waals surface area (Å²) in [6.45, 7) is 1.55. The number of anilines is 2. The van der Waals surface area contributed by atoms with Gasteiger partial charge in [0.2, 0.25) is 0 Å². The van der Waals surface area contributed by atoms with Crippen LogP contribution in [0.3, 0.4) is 0 Å². The summed E-state index contributed by atoms with van der Waals surface area (Å²) in [5, 5.41) is 0.613. The molecule has 7 nitrogen and oxygen atoms in total. The summed E-state index contributed by atoms with van der Waals surface area (Å²) in [5.41, 5.74) is 3.00. The summed E-state index contributed by atoms with van der Waals surface area (Å²) < 4.78 is 30.4. The standard InChI is InChI=1S/C27H27BrN4O3S2/c1-30(2)16-17-31(27-29-23-14-11-21(28)18-25(23)36-27)26(33)20-9-12-22(13-10-20)37(34,35)32-15-5-7-19-6-3-4-8-24(19)32/h3-4,6,8-14,18H,5,7,15-17H2,1-2H3. The van der Waals surface area contributed by atoms with Crippen LogP contribution < -0.4 is 9.21 Å². The number of hydrogen-bond donors (Lipinski definition) is 0. The van der Waals surface area contributed by atoms with Crippen LogP contribution in [-0.2, 0) is 16.4 Å². The van der Waals surface area contributed by atoms with E-state index in [9.17, 15) is 13.2 Å². The molecule has 0 atom stereocenters. The largest absolute Gasteiger partial charge is 0.308 e. The molecule has 0 fully saturated rings. The van der Waals surface area contributed by atoms with Gasteiger partial charge in [0.15, 0.2) is 5.13 Å². The van der Waals surface area contributed by atoms with Crippen LogP contribution in [0, 0.1) is 0 Å². The maximum Gasteiger partial charge on any atom is 0.264 e. The van der Waals surface area contributed by atoms with Gasteiger partial charge in [-0.1, -0.05) is 45.5 Å². The molecule has 0 N–H and O–H groups in total. The second-order valence-electron chi connectivity index (χ2n) is 9.20. The fourth-order valence-corrected chi connectivity index (χ4v) is 7.47. The lowest BCUT2D eigenvalue weighted by Gasteiger charge is -2.30. The lowest BCUT2D eigenvalue weighted by Crippen LogP contribution is -2.37. The van der Waals surface area contributed by atoms with E-state index in [1.54, 1.807) is 17.0 Å². The SMILES string of the molecule is CN(C)CCN(C(=O)c1ccc(S(=O)(=O)N2CCCc3ccccc32)cc1)c1nc2ccc(Br)cc2s1. The minimum absolute atomic E-state index is 0.172. The number of amides is 1. The average Bonchev–Trinajstić information content (AvgIpc) is 3.31. The molecule has 2 heterocycles. The second kappa shape index (κ2) is 10.5. The van der Waals surface area contributed by atoms with Crippen LogP contribution in [0.5, 0.6) is 0 Å². The van der Waals surface area contributed by atoms with Crippen molar-refractivity contribution in [3.8, 4) is 0 Å². The molecule has 0 saturated carbocycles. The van der Waals surface area contributed by atoms with Crippen LogP contribution in [0.25, 0.3) is 10.2 Å². The zero-order chi connectivity index (χ0) is 26.2. The Morgan fingerprint density at radius 2 is 1.81 bits per heavy atom. The number of nitrogens with zero attached hydrogens (tertiary/aromatic N) is 4. The molecular weight excluding hydrogens is 572 g/mol. The summed E-state index contributed by atoms with van der Waals surface area (Å²) in [4.78, 5) is 22.2. The zero-order valence-corrected chi connectivity index (χ0v) is 23.8. The summed E-state index contributed by atoms with van der Waals surface area (Å²) >= 11 is 4.95. The molecule has 0 saturated heterocycles. The molecule has 0 aliphatic carbocycles. The van der Waals surface area contributed by atoms with Crippen molar-refractivity contribution in [3.63, 3.8) is 0 Å². The number of halogens is 1. The number of aromatic nitrogens is 1. The lowest BCUT2D eigenvalue weighted by atomic mass is 10.0. The third kappa shape index (κ3) is 5.29. The number of sulfonamides is 1. The number of para-hydroxylation sites is 1. The Morgan fingerprint density at radius 1 is 1.05 bits per heavy atom. The highest BCUT2D eigenvalue weighted by atomic mass is 79.9. The molecule has 0 bridgehead atoms. The van der Waals surface area contributed by atoms with Gasteiger partial charge >= 0.3 is 0 Å². The number of aryl methyl sites for hydroxylation is 1. The smallest absolute Gasteiger partial charge is 0.264 e. The summed E-state index contributed by atoms with van der Waals surface area (Å²) in [5.74, 6) is -0.216. The third-order valence-electron chi connectivity index (χ3n) is 6.34. The van der Waals surface area contributed by atoms with Gasteiger partial charge in [-0.3, -0.25) is 14.0 Å². The maximum atomic E-state index is 13.6. The Labute approximate surface area is 229 Å². The van der Waals surface area contributed by atoms with Crippen molar-refractivity contribution in [1.82, 2.24) is 9.88 Å². The van der Waals surface area contributed by atoms with E-state index in [-0.39, 0.29) is 10.8 Å². The predicted molar refractivity (Wildman–Crippen MR) is 153 cm³/mol. The number of likely N-dealkylation sites (N-methyl/N-ethyl adjacent to an activating group) is 1. The molecule has 3 aromatic carbocycles. The van der Waals surface area contributed by atoms with E-state index in [1.165, 1.54) is 27.8 Å². The number of fused-ring (bicyclic) bond motifs is 2. The van der Waals surface area contributed by atoms with E-state index >= 15 is 0 Å². The first-order valence-corrected chi connectivity index (χ1v) is 15.0. The van der Waals surface area contributed by atoms with Gasteiger partial charge in [-0.2, -0.15) is 0 Å². The van der Waals surface area contributed by atoms with Gasteiger partial charge in [0.25, 0.3) is 15.9 Å². The normalized spacial score (nSPS) is 13.7. The average molecular weight is 600 g/mol. The van der Waals surface area contributed by atoms with Crippen LogP contribution >= 0.6 is 27.3 Å².